The van der Waals surface area contributed by atoms with Crippen LogP contribution in [0.3, 0.4) is 0 Å². The smallest absolute Gasteiger partial charge is 0.165 e. The van der Waals surface area contributed by atoms with E-state index in [1.807, 2.05) is 7.05 Å². The Labute approximate surface area is 101 Å². The molecule has 1 fully saturated rings. The maximum Gasteiger partial charge on any atom is 0.165 e. The van der Waals surface area contributed by atoms with Gasteiger partial charge in [-0.3, -0.25) is 4.40 Å². The Balaban J connectivity index is 2.06. The molecule has 0 radical (unpaired) electrons. The summed E-state index contributed by atoms with van der Waals surface area (Å²) in [7, 11) is 1.96. The third-order valence-electron chi connectivity index (χ3n) is 3.63. The van der Waals surface area contributed by atoms with Gasteiger partial charge in [-0.15, -0.1) is 10.2 Å². The van der Waals surface area contributed by atoms with Gasteiger partial charge < -0.3 is 5.32 Å². The molecular formula is C13H18N4. The quantitative estimate of drug-likeness (QED) is 0.878. The molecule has 1 N–H and O–H groups in total. The van der Waals surface area contributed by atoms with E-state index in [0.29, 0.717) is 5.92 Å². The highest BCUT2D eigenvalue weighted by atomic mass is 15.2. The van der Waals surface area contributed by atoms with Crippen molar-refractivity contribution in [1.29, 1.82) is 0 Å². The van der Waals surface area contributed by atoms with E-state index in [1.165, 1.54) is 31.2 Å². The predicted octanol–water partition coefficient (Wildman–Crippen LogP) is 2.11. The summed E-state index contributed by atoms with van der Waals surface area (Å²) in [6.45, 7) is 0.840. The molecule has 3 rings (SSSR count). The molecule has 1 aliphatic rings. The summed E-state index contributed by atoms with van der Waals surface area (Å²) in [4.78, 5) is 0. The molecule has 0 atom stereocenters. The van der Waals surface area contributed by atoms with Crippen LogP contribution >= 0.6 is 0 Å². The van der Waals surface area contributed by atoms with Gasteiger partial charge in [-0.25, -0.2) is 0 Å². The minimum atomic E-state index is 0.606. The molecule has 0 unspecified atom stereocenters. The molecule has 0 saturated heterocycles. The average Bonchev–Trinajstić information content (AvgIpc) is 2.97. The van der Waals surface area contributed by atoms with Crippen LogP contribution in [-0.4, -0.2) is 21.6 Å². The molecule has 0 spiro atoms. The van der Waals surface area contributed by atoms with Gasteiger partial charge in [0.2, 0.25) is 0 Å². The van der Waals surface area contributed by atoms with Gasteiger partial charge in [-0.05, 0) is 26.0 Å². The summed E-state index contributed by atoms with van der Waals surface area (Å²) in [5.41, 5.74) is 2.22. The highest BCUT2D eigenvalue weighted by molar-refractivity contribution is 5.47. The zero-order valence-electron chi connectivity index (χ0n) is 10.2. The van der Waals surface area contributed by atoms with Gasteiger partial charge in [0.25, 0.3) is 0 Å². The maximum atomic E-state index is 4.41. The first-order chi connectivity index (χ1) is 8.40. The van der Waals surface area contributed by atoms with Crippen molar-refractivity contribution in [3.8, 4) is 0 Å². The van der Waals surface area contributed by atoms with E-state index >= 15 is 0 Å². The molecular weight excluding hydrogens is 212 g/mol. The third-order valence-corrected chi connectivity index (χ3v) is 3.63. The fourth-order valence-corrected chi connectivity index (χ4v) is 2.78. The van der Waals surface area contributed by atoms with Crippen molar-refractivity contribution < 1.29 is 0 Å². The molecule has 1 saturated carbocycles. The van der Waals surface area contributed by atoms with E-state index in [4.69, 9.17) is 0 Å². The third kappa shape index (κ3) is 1.82. The van der Waals surface area contributed by atoms with Crippen LogP contribution in [0.25, 0.3) is 5.65 Å². The number of nitrogens with zero attached hydrogens (tertiary/aromatic N) is 3. The molecule has 4 nitrogen and oxygen atoms in total. The molecule has 4 heteroatoms. The molecule has 0 bridgehead atoms. The molecule has 90 valence electrons. The number of pyridine rings is 1. The van der Waals surface area contributed by atoms with Gasteiger partial charge >= 0.3 is 0 Å². The lowest BCUT2D eigenvalue weighted by Crippen LogP contribution is -2.07. The Hall–Kier alpha value is -1.42. The van der Waals surface area contributed by atoms with Crippen molar-refractivity contribution in [2.45, 2.75) is 38.1 Å². The zero-order chi connectivity index (χ0) is 11.7. The first-order valence-electron chi connectivity index (χ1n) is 6.37. The van der Waals surface area contributed by atoms with Gasteiger partial charge in [-0.2, -0.15) is 0 Å². The van der Waals surface area contributed by atoms with E-state index in [-0.39, 0.29) is 0 Å². The second kappa shape index (κ2) is 4.45. The molecule has 0 aliphatic heterocycles. The number of hydrogen-bond donors (Lipinski definition) is 1. The first-order valence-corrected chi connectivity index (χ1v) is 6.37. The minimum absolute atomic E-state index is 0.606. The Morgan fingerprint density at radius 3 is 2.94 bits per heavy atom. The SMILES string of the molecule is CNCc1cccn2c(C3CCCC3)nnc12. The van der Waals surface area contributed by atoms with Crippen LogP contribution in [0.2, 0.25) is 0 Å². The first kappa shape index (κ1) is 10.7. The van der Waals surface area contributed by atoms with Crippen LogP contribution in [-0.2, 0) is 6.54 Å². The lowest BCUT2D eigenvalue weighted by molar-refractivity contribution is 0.658. The number of hydrogen-bond acceptors (Lipinski definition) is 3. The Morgan fingerprint density at radius 2 is 2.18 bits per heavy atom. The summed E-state index contributed by atoms with van der Waals surface area (Å²) in [5, 5.41) is 11.9. The molecule has 0 amide bonds. The van der Waals surface area contributed by atoms with Crippen molar-refractivity contribution >= 4 is 5.65 Å². The summed E-state index contributed by atoms with van der Waals surface area (Å²) in [6, 6.07) is 4.19. The van der Waals surface area contributed by atoms with Crippen molar-refractivity contribution in [3.63, 3.8) is 0 Å². The van der Waals surface area contributed by atoms with E-state index in [2.05, 4.69) is 38.2 Å². The lowest BCUT2D eigenvalue weighted by Gasteiger charge is -2.07. The Bertz CT molecular complexity index is 511. The van der Waals surface area contributed by atoms with E-state index in [9.17, 15) is 0 Å². The van der Waals surface area contributed by atoms with Gasteiger partial charge in [0, 0.05) is 24.2 Å². The topological polar surface area (TPSA) is 42.2 Å². The van der Waals surface area contributed by atoms with Crippen molar-refractivity contribution in [2.24, 2.45) is 0 Å². The summed E-state index contributed by atoms with van der Waals surface area (Å²) < 4.78 is 2.17. The number of nitrogens with one attached hydrogen (secondary N) is 1. The normalized spacial score (nSPS) is 17.0. The molecule has 2 aromatic heterocycles. The summed E-state index contributed by atoms with van der Waals surface area (Å²) >= 11 is 0. The largest absolute Gasteiger partial charge is 0.316 e. The van der Waals surface area contributed by atoms with Crippen LogP contribution in [0, 0.1) is 0 Å². The van der Waals surface area contributed by atoms with E-state index < -0.39 is 0 Å². The standard InChI is InChI=1S/C13H18N4/c1-14-9-11-7-4-8-17-12(15-16-13(11)17)10-5-2-3-6-10/h4,7-8,10,14H,2-3,5-6,9H2,1H3. The van der Waals surface area contributed by atoms with Crippen molar-refractivity contribution in [1.82, 2.24) is 19.9 Å². The Morgan fingerprint density at radius 1 is 1.35 bits per heavy atom. The highest BCUT2D eigenvalue weighted by Gasteiger charge is 2.22. The molecule has 17 heavy (non-hydrogen) atoms. The number of fused-ring (bicyclic) bond motifs is 1. The summed E-state index contributed by atoms with van der Waals surface area (Å²) in [6.07, 6.45) is 7.27. The van der Waals surface area contributed by atoms with Gasteiger partial charge in [0.15, 0.2) is 5.65 Å². The van der Waals surface area contributed by atoms with Crippen LogP contribution in [0.4, 0.5) is 0 Å². The van der Waals surface area contributed by atoms with Crippen molar-refractivity contribution in [2.75, 3.05) is 7.05 Å². The monoisotopic (exact) mass is 230 g/mol. The highest BCUT2D eigenvalue weighted by Crippen LogP contribution is 2.33. The Kier molecular flexibility index (Phi) is 2.81. The van der Waals surface area contributed by atoms with Crippen molar-refractivity contribution in [3.05, 3.63) is 29.7 Å². The van der Waals surface area contributed by atoms with Crippen LogP contribution in [0.5, 0.6) is 0 Å². The van der Waals surface area contributed by atoms with Gasteiger partial charge in [-0.1, -0.05) is 18.9 Å². The zero-order valence-corrected chi connectivity index (χ0v) is 10.2. The van der Waals surface area contributed by atoms with E-state index in [1.54, 1.807) is 0 Å². The molecule has 1 aliphatic carbocycles. The predicted molar refractivity (Wildman–Crippen MR) is 67.0 cm³/mol. The van der Waals surface area contributed by atoms with Crippen LogP contribution < -0.4 is 5.32 Å². The molecule has 2 aromatic rings. The molecule has 2 heterocycles. The van der Waals surface area contributed by atoms with E-state index in [0.717, 1.165) is 18.0 Å². The van der Waals surface area contributed by atoms with Gasteiger partial charge in [0.05, 0.1) is 0 Å². The maximum absolute atomic E-state index is 4.41. The second-order valence-corrected chi connectivity index (χ2v) is 4.80. The summed E-state index contributed by atoms with van der Waals surface area (Å²) in [5.74, 6) is 1.75. The van der Waals surface area contributed by atoms with Crippen LogP contribution in [0.1, 0.15) is 43.0 Å². The minimum Gasteiger partial charge on any atom is -0.316 e. The van der Waals surface area contributed by atoms with Crippen LogP contribution in [0.15, 0.2) is 18.3 Å². The average molecular weight is 230 g/mol. The number of aromatic nitrogens is 3. The van der Waals surface area contributed by atoms with Gasteiger partial charge in [0.1, 0.15) is 5.82 Å². The number of rotatable bonds is 3. The molecule has 0 aromatic carbocycles. The lowest BCUT2D eigenvalue weighted by atomic mass is 10.1. The second-order valence-electron chi connectivity index (χ2n) is 4.80. The fourth-order valence-electron chi connectivity index (χ4n) is 2.78. The fraction of sp³-hybridized carbons (Fsp3) is 0.538.